The number of hydrogen-bond donors (Lipinski definition) is 2. The predicted molar refractivity (Wildman–Crippen MR) is 90.0 cm³/mol. The van der Waals surface area contributed by atoms with E-state index in [9.17, 15) is 4.79 Å². The van der Waals surface area contributed by atoms with Gasteiger partial charge in [0.15, 0.2) is 0 Å². The third-order valence-electron chi connectivity index (χ3n) is 4.46. The van der Waals surface area contributed by atoms with Crippen molar-refractivity contribution in [2.24, 2.45) is 17.6 Å². The first-order chi connectivity index (χ1) is 10.7. The van der Waals surface area contributed by atoms with Gasteiger partial charge in [-0.15, -0.1) is 0 Å². The van der Waals surface area contributed by atoms with Gasteiger partial charge in [0.05, 0.1) is 0 Å². The van der Waals surface area contributed by atoms with Crippen molar-refractivity contribution in [1.29, 1.82) is 0 Å². The molecule has 22 heavy (non-hydrogen) atoms. The Hall–Kier alpha value is -1.55. The fraction of sp³-hybridized carbons (Fsp3) is 0.611. The summed E-state index contributed by atoms with van der Waals surface area (Å²) >= 11 is 0. The average Bonchev–Trinajstić information content (AvgIpc) is 3.05. The van der Waals surface area contributed by atoms with Crippen LogP contribution < -0.4 is 15.8 Å². The number of benzene rings is 1. The molecule has 1 aliphatic carbocycles. The van der Waals surface area contributed by atoms with Crippen LogP contribution in [0, 0.1) is 11.8 Å². The van der Waals surface area contributed by atoms with Crippen LogP contribution in [0.4, 0.5) is 5.69 Å². The molecule has 0 bridgehead atoms. The van der Waals surface area contributed by atoms with Crippen LogP contribution >= 0.6 is 0 Å². The quantitative estimate of drug-likeness (QED) is 0.771. The number of nitrogens with one attached hydrogen (secondary N) is 1. The van der Waals surface area contributed by atoms with Gasteiger partial charge in [0.2, 0.25) is 5.91 Å². The summed E-state index contributed by atoms with van der Waals surface area (Å²) in [5, 5.41) is 3.03. The first kappa shape index (κ1) is 16.8. The zero-order valence-corrected chi connectivity index (χ0v) is 13.5. The Bertz CT molecular complexity index is 453. The molecule has 0 saturated heterocycles. The van der Waals surface area contributed by atoms with E-state index in [0.29, 0.717) is 13.2 Å². The molecule has 4 heteroatoms. The molecule has 0 aromatic heterocycles. The zero-order chi connectivity index (χ0) is 15.8. The second kappa shape index (κ2) is 8.79. The lowest BCUT2D eigenvalue weighted by Gasteiger charge is -2.18. The Morgan fingerprint density at radius 2 is 2.00 bits per heavy atom. The number of carbonyl (C=O) groups is 1. The molecule has 0 spiro atoms. The fourth-order valence-electron chi connectivity index (χ4n) is 3.16. The first-order valence-electron chi connectivity index (χ1n) is 8.46. The lowest BCUT2D eigenvalue weighted by Crippen LogP contribution is -2.24. The van der Waals surface area contributed by atoms with E-state index in [1.54, 1.807) is 0 Å². The average molecular weight is 304 g/mol. The lowest BCUT2D eigenvalue weighted by molar-refractivity contribution is -0.120. The first-order valence-corrected chi connectivity index (χ1v) is 8.46. The summed E-state index contributed by atoms with van der Waals surface area (Å²) < 4.78 is 5.43. The van der Waals surface area contributed by atoms with Gasteiger partial charge < -0.3 is 15.8 Å². The van der Waals surface area contributed by atoms with Crippen LogP contribution in [0.15, 0.2) is 24.3 Å². The van der Waals surface area contributed by atoms with Gasteiger partial charge in [-0.05, 0) is 43.0 Å². The molecule has 1 aromatic rings. The second-order valence-corrected chi connectivity index (χ2v) is 6.14. The standard InChI is InChI=1S/C18H28N2O2/c1-2-15(13-14-5-3-4-6-14)18(21)20-16-7-9-17(10-8-16)22-12-11-19/h7-10,14-15H,2-6,11-13,19H2,1H3,(H,20,21). The molecule has 122 valence electrons. The van der Waals surface area contributed by atoms with Gasteiger partial charge >= 0.3 is 0 Å². The maximum absolute atomic E-state index is 12.4. The van der Waals surface area contributed by atoms with Crippen LogP contribution in [0.5, 0.6) is 5.75 Å². The number of carbonyl (C=O) groups excluding carboxylic acids is 1. The smallest absolute Gasteiger partial charge is 0.227 e. The minimum atomic E-state index is 0.122. The molecule has 1 aromatic carbocycles. The van der Waals surface area contributed by atoms with E-state index in [1.165, 1.54) is 25.7 Å². The summed E-state index contributed by atoms with van der Waals surface area (Å²) in [6.07, 6.45) is 7.16. The molecule has 1 saturated carbocycles. The van der Waals surface area contributed by atoms with Crippen molar-refractivity contribution in [2.75, 3.05) is 18.5 Å². The summed E-state index contributed by atoms with van der Waals surface area (Å²) in [5.74, 6) is 1.78. The van der Waals surface area contributed by atoms with Crippen LogP contribution in [0.1, 0.15) is 45.4 Å². The van der Waals surface area contributed by atoms with Crippen molar-refractivity contribution in [3.63, 3.8) is 0 Å². The van der Waals surface area contributed by atoms with Crippen LogP contribution in [0.3, 0.4) is 0 Å². The molecule has 1 aliphatic rings. The Morgan fingerprint density at radius 1 is 1.32 bits per heavy atom. The molecular formula is C18H28N2O2. The summed E-state index contributed by atoms with van der Waals surface area (Å²) in [7, 11) is 0. The third kappa shape index (κ3) is 5.02. The highest BCUT2D eigenvalue weighted by Crippen LogP contribution is 2.31. The minimum Gasteiger partial charge on any atom is -0.492 e. The van der Waals surface area contributed by atoms with E-state index < -0.39 is 0 Å². The van der Waals surface area contributed by atoms with Gasteiger partial charge in [-0.3, -0.25) is 4.79 Å². The maximum atomic E-state index is 12.4. The van der Waals surface area contributed by atoms with Gasteiger partial charge in [-0.1, -0.05) is 32.6 Å². The van der Waals surface area contributed by atoms with Crippen molar-refractivity contribution in [2.45, 2.75) is 45.4 Å². The summed E-state index contributed by atoms with van der Waals surface area (Å²) in [4.78, 5) is 12.4. The molecule has 2 rings (SSSR count). The second-order valence-electron chi connectivity index (χ2n) is 6.14. The zero-order valence-electron chi connectivity index (χ0n) is 13.5. The largest absolute Gasteiger partial charge is 0.492 e. The topological polar surface area (TPSA) is 64.3 Å². The normalized spacial score (nSPS) is 16.5. The van der Waals surface area contributed by atoms with Crippen molar-refractivity contribution in [3.8, 4) is 5.75 Å². The molecule has 1 unspecified atom stereocenters. The van der Waals surface area contributed by atoms with Crippen molar-refractivity contribution in [3.05, 3.63) is 24.3 Å². The molecule has 0 heterocycles. The van der Waals surface area contributed by atoms with Crippen LogP contribution in [0.25, 0.3) is 0 Å². The van der Waals surface area contributed by atoms with E-state index in [2.05, 4.69) is 12.2 Å². The Balaban J connectivity index is 1.86. The molecule has 1 fully saturated rings. The maximum Gasteiger partial charge on any atom is 0.227 e. The monoisotopic (exact) mass is 304 g/mol. The minimum absolute atomic E-state index is 0.122. The van der Waals surface area contributed by atoms with E-state index in [1.807, 2.05) is 24.3 Å². The van der Waals surface area contributed by atoms with Crippen LogP contribution in [0.2, 0.25) is 0 Å². The van der Waals surface area contributed by atoms with Gasteiger partial charge in [-0.2, -0.15) is 0 Å². The van der Waals surface area contributed by atoms with Crippen molar-refractivity contribution in [1.82, 2.24) is 0 Å². The molecule has 0 radical (unpaired) electrons. The summed E-state index contributed by atoms with van der Waals surface area (Å²) in [6.45, 7) is 3.10. The highest BCUT2D eigenvalue weighted by Gasteiger charge is 2.23. The van der Waals surface area contributed by atoms with Crippen molar-refractivity contribution >= 4 is 11.6 Å². The van der Waals surface area contributed by atoms with Gasteiger partial charge in [0.1, 0.15) is 12.4 Å². The fourth-order valence-corrected chi connectivity index (χ4v) is 3.16. The van der Waals surface area contributed by atoms with Gasteiger partial charge in [-0.25, -0.2) is 0 Å². The lowest BCUT2D eigenvalue weighted by atomic mass is 9.91. The highest BCUT2D eigenvalue weighted by molar-refractivity contribution is 5.92. The van der Waals surface area contributed by atoms with Gasteiger partial charge in [0, 0.05) is 18.2 Å². The number of amides is 1. The Labute approximate surface area is 133 Å². The van der Waals surface area contributed by atoms with E-state index in [4.69, 9.17) is 10.5 Å². The third-order valence-corrected chi connectivity index (χ3v) is 4.46. The molecular weight excluding hydrogens is 276 g/mol. The number of rotatable bonds is 8. The molecule has 4 nitrogen and oxygen atoms in total. The van der Waals surface area contributed by atoms with E-state index >= 15 is 0 Å². The number of anilines is 1. The van der Waals surface area contributed by atoms with Crippen LogP contribution in [-0.4, -0.2) is 19.1 Å². The number of ether oxygens (including phenoxy) is 1. The number of hydrogen-bond acceptors (Lipinski definition) is 3. The predicted octanol–water partition coefficient (Wildman–Crippen LogP) is 3.57. The van der Waals surface area contributed by atoms with Crippen LogP contribution in [-0.2, 0) is 4.79 Å². The van der Waals surface area contributed by atoms with Gasteiger partial charge in [0.25, 0.3) is 0 Å². The highest BCUT2D eigenvalue weighted by atomic mass is 16.5. The summed E-state index contributed by atoms with van der Waals surface area (Å²) in [5.41, 5.74) is 6.23. The molecule has 0 aliphatic heterocycles. The Morgan fingerprint density at radius 3 is 2.59 bits per heavy atom. The summed E-state index contributed by atoms with van der Waals surface area (Å²) in [6, 6.07) is 7.49. The Kier molecular flexibility index (Phi) is 6.72. The number of nitrogens with two attached hydrogens (primary N) is 1. The van der Waals surface area contributed by atoms with E-state index in [-0.39, 0.29) is 11.8 Å². The molecule has 1 amide bonds. The SMILES string of the molecule is CCC(CC1CCCC1)C(=O)Nc1ccc(OCCN)cc1. The molecule has 1 atom stereocenters. The van der Waals surface area contributed by atoms with E-state index in [0.717, 1.165) is 30.2 Å². The van der Waals surface area contributed by atoms with Crippen molar-refractivity contribution < 1.29 is 9.53 Å². The molecule has 3 N–H and O–H groups in total.